The van der Waals surface area contributed by atoms with Crippen LogP contribution in [0.5, 0.6) is 0 Å². The highest BCUT2D eigenvalue weighted by Gasteiger charge is 2.07. The van der Waals surface area contributed by atoms with Gasteiger partial charge in [0.1, 0.15) is 0 Å². The molecule has 0 saturated heterocycles. The van der Waals surface area contributed by atoms with E-state index in [1.54, 1.807) is 0 Å². The van der Waals surface area contributed by atoms with Crippen LogP contribution in [0.25, 0.3) is 0 Å². The van der Waals surface area contributed by atoms with Gasteiger partial charge in [-0.2, -0.15) is 0 Å². The van der Waals surface area contributed by atoms with Gasteiger partial charge in [0.2, 0.25) is 0 Å². The minimum atomic E-state index is 0.202. The van der Waals surface area contributed by atoms with Crippen molar-refractivity contribution < 1.29 is 9.47 Å². The van der Waals surface area contributed by atoms with Crippen molar-refractivity contribution in [3.8, 4) is 0 Å². The Morgan fingerprint density at radius 1 is 0.556 bits per heavy atom. The molecule has 0 aliphatic rings. The van der Waals surface area contributed by atoms with Crippen LogP contribution in [-0.2, 0) is 22.5 Å². The van der Waals surface area contributed by atoms with Crippen molar-refractivity contribution in [2.24, 2.45) is 0 Å². The summed E-state index contributed by atoms with van der Waals surface area (Å²) in [4.78, 5) is 0. The quantitative estimate of drug-likeness (QED) is 0.169. The van der Waals surface area contributed by atoms with Crippen LogP contribution in [0.3, 0.4) is 0 Å². The average molecular weight is 499 g/mol. The van der Waals surface area contributed by atoms with Crippen LogP contribution in [0.1, 0.15) is 123 Å². The summed E-state index contributed by atoms with van der Waals surface area (Å²) in [6.45, 7) is 12.4. The fourth-order valence-electron chi connectivity index (χ4n) is 4.06. The van der Waals surface area contributed by atoms with Gasteiger partial charge in [0, 0.05) is 6.61 Å². The standard InChI is InChI=1S/C30H46O2.2C2H6/c1-2-30(32-26-29-23-17-13-18-24-29)27-31-25-19-11-9-7-5-3-4-6-8-10-14-20-28-21-15-12-16-22-28;2*1-2/h12-13,15-18,21-24,30H,2-11,14,19-20,25-27H2,1H3;2*1-2H3. The van der Waals surface area contributed by atoms with Gasteiger partial charge >= 0.3 is 0 Å². The molecule has 0 spiro atoms. The lowest BCUT2D eigenvalue weighted by molar-refractivity contribution is -0.0269. The van der Waals surface area contributed by atoms with Crippen LogP contribution >= 0.6 is 0 Å². The molecule has 2 aromatic carbocycles. The Hall–Kier alpha value is -1.64. The topological polar surface area (TPSA) is 18.5 Å². The third-order valence-electron chi connectivity index (χ3n) is 6.18. The van der Waals surface area contributed by atoms with E-state index in [9.17, 15) is 0 Å². The summed E-state index contributed by atoms with van der Waals surface area (Å²) >= 11 is 0. The molecule has 0 aliphatic carbocycles. The highest BCUT2D eigenvalue weighted by molar-refractivity contribution is 5.14. The molecule has 0 radical (unpaired) electrons. The number of benzene rings is 2. The Kier molecular flexibility index (Phi) is 26.7. The Bertz CT molecular complexity index is 641. The molecule has 2 heteroatoms. The van der Waals surface area contributed by atoms with Crippen molar-refractivity contribution in [1.82, 2.24) is 0 Å². The SMILES string of the molecule is CC.CC.CCC(COCCCCCCCCCCCCCc1ccccc1)OCc1ccccc1. The van der Waals surface area contributed by atoms with Crippen molar-refractivity contribution in [3.05, 3.63) is 71.8 Å². The van der Waals surface area contributed by atoms with E-state index in [-0.39, 0.29) is 6.10 Å². The first-order valence-corrected chi connectivity index (χ1v) is 15.2. The van der Waals surface area contributed by atoms with Gasteiger partial charge in [-0.05, 0) is 36.8 Å². The molecule has 0 saturated carbocycles. The third kappa shape index (κ3) is 20.5. The van der Waals surface area contributed by atoms with Crippen molar-refractivity contribution in [2.75, 3.05) is 13.2 Å². The number of ether oxygens (including phenoxy) is 2. The Morgan fingerprint density at radius 2 is 1.00 bits per heavy atom. The average Bonchev–Trinajstić information content (AvgIpc) is 2.95. The largest absolute Gasteiger partial charge is 0.379 e. The van der Waals surface area contributed by atoms with Crippen molar-refractivity contribution in [2.45, 2.75) is 131 Å². The van der Waals surface area contributed by atoms with E-state index < -0.39 is 0 Å². The van der Waals surface area contributed by atoms with E-state index in [0.717, 1.165) is 13.0 Å². The Morgan fingerprint density at radius 3 is 1.50 bits per heavy atom. The molecular formula is C34H58O2. The third-order valence-corrected chi connectivity index (χ3v) is 6.18. The van der Waals surface area contributed by atoms with Gasteiger partial charge in [0.25, 0.3) is 0 Å². The molecular weight excluding hydrogens is 440 g/mol. The first-order chi connectivity index (χ1) is 17.9. The molecule has 0 amide bonds. The first-order valence-electron chi connectivity index (χ1n) is 15.2. The maximum atomic E-state index is 5.99. The lowest BCUT2D eigenvalue weighted by Gasteiger charge is -2.16. The van der Waals surface area contributed by atoms with Crippen molar-refractivity contribution in [3.63, 3.8) is 0 Å². The van der Waals surface area contributed by atoms with Crippen molar-refractivity contribution in [1.29, 1.82) is 0 Å². The van der Waals surface area contributed by atoms with Gasteiger partial charge in [-0.15, -0.1) is 0 Å². The van der Waals surface area contributed by atoms with Crippen LogP contribution < -0.4 is 0 Å². The number of aryl methyl sites for hydroxylation is 1. The van der Waals surface area contributed by atoms with Crippen LogP contribution in [0, 0.1) is 0 Å². The fraction of sp³-hybridized carbons (Fsp3) is 0.647. The Balaban J connectivity index is 0.00000291. The molecule has 1 atom stereocenters. The van der Waals surface area contributed by atoms with Crippen LogP contribution in [0.2, 0.25) is 0 Å². The van der Waals surface area contributed by atoms with E-state index in [1.165, 1.54) is 88.2 Å². The predicted molar refractivity (Wildman–Crippen MR) is 160 cm³/mol. The normalized spacial score (nSPS) is 11.1. The molecule has 2 aromatic rings. The highest BCUT2D eigenvalue weighted by atomic mass is 16.5. The van der Waals surface area contributed by atoms with E-state index in [4.69, 9.17) is 9.47 Å². The zero-order valence-corrected chi connectivity index (χ0v) is 24.5. The van der Waals surface area contributed by atoms with Gasteiger partial charge in [0.05, 0.1) is 19.3 Å². The fourth-order valence-corrected chi connectivity index (χ4v) is 4.06. The summed E-state index contributed by atoms with van der Waals surface area (Å²) in [7, 11) is 0. The monoisotopic (exact) mass is 498 g/mol. The summed E-state index contributed by atoms with van der Waals surface area (Å²) in [6.07, 6.45) is 17.4. The number of unbranched alkanes of at least 4 members (excludes halogenated alkanes) is 10. The van der Waals surface area contributed by atoms with Gasteiger partial charge < -0.3 is 9.47 Å². The van der Waals surface area contributed by atoms with Crippen LogP contribution in [0.4, 0.5) is 0 Å². The molecule has 36 heavy (non-hydrogen) atoms. The molecule has 0 fully saturated rings. The van der Waals surface area contributed by atoms with Gasteiger partial charge in [-0.25, -0.2) is 0 Å². The number of hydrogen-bond donors (Lipinski definition) is 0. The minimum Gasteiger partial charge on any atom is -0.379 e. The molecule has 0 bridgehead atoms. The lowest BCUT2D eigenvalue weighted by atomic mass is 10.0. The van der Waals surface area contributed by atoms with Gasteiger partial charge in [-0.1, -0.05) is 153 Å². The first kappa shape index (κ1) is 34.4. The minimum absolute atomic E-state index is 0.202. The highest BCUT2D eigenvalue weighted by Crippen LogP contribution is 2.13. The molecule has 2 rings (SSSR count). The molecule has 0 heterocycles. The summed E-state index contributed by atoms with van der Waals surface area (Å²) in [5.41, 5.74) is 2.72. The van der Waals surface area contributed by atoms with Crippen LogP contribution in [-0.4, -0.2) is 19.3 Å². The van der Waals surface area contributed by atoms with E-state index in [0.29, 0.717) is 13.2 Å². The Labute approximate surface area is 225 Å². The maximum Gasteiger partial charge on any atom is 0.0810 e. The lowest BCUT2D eigenvalue weighted by Crippen LogP contribution is -2.19. The van der Waals surface area contributed by atoms with E-state index in [1.807, 2.05) is 33.8 Å². The summed E-state index contributed by atoms with van der Waals surface area (Å²) in [6, 6.07) is 21.3. The second-order valence-corrected chi connectivity index (χ2v) is 9.03. The second-order valence-electron chi connectivity index (χ2n) is 9.03. The molecule has 0 aromatic heterocycles. The predicted octanol–water partition coefficient (Wildman–Crippen LogP) is 10.6. The van der Waals surface area contributed by atoms with Crippen molar-refractivity contribution >= 4 is 0 Å². The van der Waals surface area contributed by atoms with E-state index >= 15 is 0 Å². The maximum absolute atomic E-state index is 5.99. The molecule has 2 nitrogen and oxygen atoms in total. The molecule has 1 unspecified atom stereocenters. The van der Waals surface area contributed by atoms with Gasteiger partial charge in [0.15, 0.2) is 0 Å². The van der Waals surface area contributed by atoms with Gasteiger partial charge in [-0.3, -0.25) is 0 Å². The zero-order valence-electron chi connectivity index (χ0n) is 24.5. The number of hydrogen-bond acceptors (Lipinski definition) is 2. The summed E-state index contributed by atoms with van der Waals surface area (Å²) in [5.74, 6) is 0. The molecule has 0 aliphatic heterocycles. The molecule has 206 valence electrons. The summed E-state index contributed by atoms with van der Waals surface area (Å²) in [5, 5.41) is 0. The number of rotatable bonds is 20. The van der Waals surface area contributed by atoms with Crippen LogP contribution in [0.15, 0.2) is 60.7 Å². The van der Waals surface area contributed by atoms with E-state index in [2.05, 4.69) is 61.5 Å². The molecule has 0 N–H and O–H groups in total. The zero-order chi connectivity index (χ0) is 26.5. The summed E-state index contributed by atoms with van der Waals surface area (Å²) < 4.78 is 11.9. The second kappa shape index (κ2) is 27.9. The smallest absolute Gasteiger partial charge is 0.0810 e.